The summed E-state index contributed by atoms with van der Waals surface area (Å²) in [5.74, 6) is 0.189. The van der Waals surface area contributed by atoms with Crippen LogP contribution in [0.5, 0.6) is 0 Å². The average Bonchev–Trinajstić information content (AvgIpc) is 2.64. The van der Waals surface area contributed by atoms with Gasteiger partial charge >= 0.3 is 0 Å². The minimum absolute atomic E-state index is 0.230. The predicted octanol–water partition coefficient (Wildman–Crippen LogP) is 3.85. The van der Waals surface area contributed by atoms with Gasteiger partial charge in [-0.25, -0.2) is 0 Å². The minimum Gasteiger partial charge on any atom is -0.347 e. The van der Waals surface area contributed by atoms with Gasteiger partial charge < -0.3 is 10.6 Å². The Morgan fingerprint density at radius 1 is 0.960 bits per heavy atom. The molecule has 0 bridgehead atoms. The molecule has 0 saturated carbocycles. The average molecular weight is 374 g/mol. The number of carbonyl (C=O) groups excluding carboxylic acids is 1. The monoisotopic (exact) mass is 373 g/mol. The molecular formula is C17H13Cl2N5O. The lowest BCUT2D eigenvalue weighted by Crippen LogP contribution is -2.24. The predicted molar refractivity (Wildman–Crippen MR) is 97.2 cm³/mol. The number of halogens is 2. The Bertz CT molecular complexity index is 872. The molecule has 6 nitrogen and oxygen atoms in total. The molecule has 3 aromatic rings. The number of carbonyl (C=O) groups is 1. The zero-order valence-corrected chi connectivity index (χ0v) is 14.4. The first-order valence-electron chi connectivity index (χ1n) is 7.35. The summed E-state index contributed by atoms with van der Waals surface area (Å²) in [6.45, 7) is 0.395. The van der Waals surface area contributed by atoms with Gasteiger partial charge in [0.1, 0.15) is 0 Å². The Labute approximate surface area is 154 Å². The van der Waals surface area contributed by atoms with Crippen LogP contribution in [0.1, 0.15) is 16.1 Å². The van der Waals surface area contributed by atoms with Crippen molar-refractivity contribution in [3.8, 4) is 0 Å². The molecule has 0 radical (unpaired) electrons. The zero-order chi connectivity index (χ0) is 17.6. The van der Waals surface area contributed by atoms with Gasteiger partial charge in [0.2, 0.25) is 0 Å². The van der Waals surface area contributed by atoms with Crippen molar-refractivity contribution in [3.05, 3.63) is 76.2 Å². The topological polar surface area (TPSA) is 79.8 Å². The zero-order valence-electron chi connectivity index (χ0n) is 12.9. The van der Waals surface area contributed by atoms with Crippen molar-refractivity contribution in [1.82, 2.24) is 20.5 Å². The summed E-state index contributed by atoms with van der Waals surface area (Å²) in [5, 5.41) is 14.7. The molecule has 0 aliphatic rings. The van der Waals surface area contributed by atoms with E-state index in [0.29, 0.717) is 22.4 Å². The molecule has 0 spiro atoms. The summed E-state index contributed by atoms with van der Waals surface area (Å²) >= 11 is 11.8. The molecule has 0 saturated heterocycles. The van der Waals surface area contributed by atoms with Gasteiger partial charge in [-0.3, -0.25) is 9.78 Å². The van der Waals surface area contributed by atoms with Gasteiger partial charge in [0.25, 0.3) is 5.91 Å². The molecule has 0 unspecified atom stereocenters. The molecule has 2 heterocycles. The van der Waals surface area contributed by atoms with Crippen LogP contribution < -0.4 is 10.6 Å². The van der Waals surface area contributed by atoms with E-state index in [-0.39, 0.29) is 11.6 Å². The number of nitrogens with zero attached hydrogens (tertiary/aromatic N) is 3. The third-order valence-electron chi connectivity index (χ3n) is 3.29. The van der Waals surface area contributed by atoms with E-state index < -0.39 is 0 Å². The molecule has 2 aromatic heterocycles. The first-order chi connectivity index (χ1) is 12.1. The van der Waals surface area contributed by atoms with E-state index >= 15 is 0 Å². The quantitative estimate of drug-likeness (QED) is 0.709. The van der Waals surface area contributed by atoms with Crippen LogP contribution >= 0.6 is 23.2 Å². The molecule has 25 heavy (non-hydrogen) atoms. The van der Waals surface area contributed by atoms with E-state index in [2.05, 4.69) is 25.8 Å². The van der Waals surface area contributed by atoms with Crippen LogP contribution in [0.25, 0.3) is 0 Å². The Kier molecular flexibility index (Phi) is 5.42. The lowest BCUT2D eigenvalue weighted by Gasteiger charge is -2.07. The van der Waals surface area contributed by atoms with Crippen molar-refractivity contribution in [2.45, 2.75) is 6.54 Å². The maximum Gasteiger partial charge on any atom is 0.272 e. The molecular weight excluding hydrogens is 361 g/mol. The molecule has 3 rings (SSSR count). The van der Waals surface area contributed by atoms with Gasteiger partial charge in [-0.1, -0.05) is 23.2 Å². The first-order valence-corrected chi connectivity index (χ1v) is 8.10. The van der Waals surface area contributed by atoms with E-state index in [1.165, 1.54) is 0 Å². The fourth-order valence-corrected chi connectivity index (χ4v) is 2.31. The summed E-state index contributed by atoms with van der Waals surface area (Å²) in [5.41, 5.74) is 1.90. The summed E-state index contributed by atoms with van der Waals surface area (Å²) < 4.78 is 0. The van der Waals surface area contributed by atoms with Crippen LogP contribution in [0, 0.1) is 0 Å². The summed E-state index contributed by atoms with van der Waals surface area (Å²) in [7, 11) is 0. The number of aromatic nitrogens is 3. The Balaban J connectivity index is 1.61. The van der Waals surface area contributed by atoms with Crippen LogP contribution in [-0.4, -0.2) is 21.1 Å². The lowest BCUT2D eigenvalue weighted by molar-refractivity contribution is 0.0945. The summed E-state index contributed by atoms with van der Waals surface area (Å²) in [4.78, 5) is 16.0. The summed E-state index contributed by atoms with van der Waals surface area (Å²) in [6, 6.07) is 12.0. The van der Waals surface area contributed by atoms with Crippen molar-refractivity contribution in [2.75, 3.05) is 5.32 Å². The van der Waals surface area contributed by atoms with Crippen LogP contribution in [0.2, 0.25) is 10.0 Å². The van der Waals surface area contributed by atoms with Crippen LogP contribution in [-0.2, 0) is 6.54 Å². The second kappa shape index (κ2) is 7.92. The Hall–Kier alpha value is -2.70. The molecule has 8 heteroatoms. The number of rotatable bonds is 5. The molecule has 126 valence electrons. The normalized spacial score (nSPS) is 10.3. The number of anilines is 2. The van der Waals surface area contributed by atoms with E-state index in [1.54, 1.807) is 42.7 Å². The molecule has 0 atom stereocenters. The van der Waals surface area contributed by atoms with Crippen LogP contribution in [0.3, 0.4) is 0 Å². The van der Waals surface area contributed by atoms with E-state index in [1.807, 2.05) is 12.1 Å². The fourth-order valence-electron chi connectivity index (χ4n) is 2.02. The fraction of sp³-hybridized carbons (Fsp3) is 0.0588. The maximum atomic E-state index is 12.1. The van der Waals surface area contributed by atoms with Crippen LogP contribution in [0.15, 0.2) is 54.9 Å². The van der Waals surface area contributed by atoms with Gasteiger partial charge in [0.15, 0.2) is 11.5 Å². The van der Waals surface area contributed by atoms with Crippen molar-refractivity contribution in [2.24, 2.45) is 0 Å². The number of nitrogens with one attached hydrogen (secondary N) is 2. The highest BCUT2D eigenvalue weighted by Crippen LogP contribution is 2.26. The third-order valence-corrected chi connectivity index (χ3v) is 4.03. The highest BCUT2D eigenvalue weighted by atomic mass is 35.5. The first kappa shape index (κ1) is 17.1. The van der Waals surface area contributed by atoms with E-state index in [4.69, 9.17) is 23.2 Å². The number of hydrogen-bond acceptors (Lipinski definition) is 5. The van der Waals surface area contributed by atoms with Gasteiger partial charge in [0.05, 0.1) is 10.0 Å². The molecule has 0 fully saturated rings. The third kappa shape index (κ3) is 4.65. The Morgan fingerprint density at radius 3 is 2.44 bits per heavy atom. The highest BCUT2D eigenvalue weighted by Gasteiger charge is 2.08. The van der Waals surface area contributed by atoms with E-state index in [9.17, 15) is 4.79 Å². The lowest BCUT2D eigenvalue weighted by atomic mass is 10.2. The van der Waals surface area contributed by atoms with Crippen molar-refractivity contribution in [1.29, 1.82) is 0 Å². The second-order valence-corrected chi connectivity index (χ2v) is 5.91. The van der Waals surface area contributed by atoms with Crippen molar-refractivity contribution >= 4 is 40.6 Å². The number of benzene rings is 1. The molecule has 0 aliphatic carbocycles. The van der Waals surface area contributed by atoms with Crippen LogP contribution in [0.4, 0.5) is 11.5 Å². The largest absolute Gasteiger partial charge is 0.347 e. The molecule has 2 N–H and O–H groups in total. The number of hydrogen-bond donors (Lipinski definition) is 2. The number of pyridine rings is 1. The smallest absolute Gasteiger partial charge is 0.272 e. The van der Waals surface area contributed by atoms with E-state index in [0.717, 1.165) is 11.3 Å². The minimum atomic E-state index is -0.301. The number of amides is 1. The van der Waals surface area contributed by atoms with Crippen molar-refractivity contribution < 1.29 is 4.79 Å². The van der Waals surface area contributed by atoms with Crippen molar-refractivity contribution in [3.63, 3.8) is 0 Å². The SMILES string of the molecule is O=C(NCc1ccncc1)c1ccc(Nc2ccc(Cl)c(Cl)c2)nn1. The standard InChI is InChI=1S/C17H13Cl2N5O/c18-13-2-1-12(9-14(13)19)22-16-4-3-15(23-24-16)17(25)21-10-11-5-7-20-8-6-11/h1-9H,10H2,(H,21,25)(H,22,24). The van der Waals surface area contributed by atoms with Gasteiger partial charge in [-0.05, 0) is 48.0 Å². The highest BCUT2D eigenvalue weighted by molar-refractivity contribution is 6.42. The maximum absolute atomic E-state index is 12.1. The van der Waals surface area contributed by atoms with Gasteiger partial charge in [-0.2, -0.15) is 0 Å². The van der Waals surface area contributed by atoms with Gasteiger partial charge in [0, 0.05) is 24.6 Å². The summed E-state index contributed by atoms with van der Waals surface area (Å²) in [6.07, 6.45) is 3.34. The molecule has 1 amide bonds. The second-order valence-electron chi connectivity index (χ2n) is 5.10. The molecule has 0 aliphatic heterocycles. The van der Waals surface area contributed by atoms with Gasteiger partial charge in [-0.15, -0.1) is 10.2 Å². The Morgan fingerprint density at radius 2 is 1.76 bits per heavy atom. The molecule has 1 aromatic carbocycles.